The minimum atomic E-state index is -1.17. The molecule has 0 atom stereocenters. The van der Waals surface area contributed by atoms with Crippen LogP contribution in [0.4, 0.5) is 5.69 Å². The summed E-state index contributed by atoms with van der Waals surface area (Å²) in [5.41, 5.74) is 0.614. The predicted octanol–water partition coefficient (Wildman–Crippen LogP) is 2.65. The molecule has 0 saturated heterocycles. The Hall–Kier alpha value is -1.88. The summed E-state index contributed by atoms with van der Waals surface area (Å²) in [6.07, 6.45) is 1.98. The molecular weight excluding hydrogens is 234 g/mol. The maximum absolute atomic E-state index is 10.7. The fourth-order valence-electron chi connectivity index (χ4n) is 1.24. The predicted molar refractivity (Wildman–Crippen MR) is 59.5 cm³/mol. The van der Waals surface area contributed by atoms with Crippen molar-refractivity contribution >= 4 is 29.3 Å². The maximum Gasteiger partial charge on any atom is 0.328 e. The first-order valence-corrected chi connectivity index (χ1v) is 4.65. The number of aryl methyl sites for hydroxylation is 1. The van der Waals surface area contributed by atoms with Crippen LogP contribution in [-0.4, -0.2) is 16.0 Å². The van der Waals surface area contributed by atoms with E-state index in [1.54, 1.807) is 6.92 Å². The molecule has 5 nitrogen and oxygen atoms in total. The molecule has 0 aliphatic carbocycles. The zero-order valence-corrected chi connectivity index (χ0v) is 9.06. The van der Waals surface area contributed by atoms with Crippen molar-refractivity contribution in [2.45, 2.75) is 6.92 Å². The molecule has 0 saturated carbocycles. The van der Waals surface area contributed by atoms with Crippen LogP contribution in [0.5, 0.6) is 0 Å². The molecule has 6 heteroatoms. The Balaban J connectivity index is 3.35. The van der Waals surface area contributed by atoms with Gasteiger partial charge in [0.1, 0.15) is 5.02 Å². The highest BCUT2D eigenvalue weighted by molar-refractivity contribution is 6.33. The first-order valence-electron chi connectivity index (χ1n) is 4.27. The number of carboxylic acid groups (broad SMARTS) is 1. The van der Waals surface area contributed by atoms with E-state index in [1.165, 1.54) is 12.1 Å². The van der Waals surface area contributed by atoms with Gasteiger partial charge in [0.05, 0.1) is 10.5 Å². The molecule has 1 aromatic rings. The number of benzene rings is 1. The van der Waals surface area contributed by atoms with E-state index in [2.05, 4.69) is 0 Å². The summed E-state index contributed by atoms with van der Waals surface area (Å²) in [6.45, 7) is 1.72. The van der Waals surface area contributed by atoms with Crippen molar-refractivity contribution in [2.75, 3.05) is 0 Å². The third-order valence-corrected chi connectivity index (χ3v) is 2.11. The molecule has 0 unspecified atom stereocenters. The lowest BCUT2D eigenvalue weighted by atomic mass is 10.1. The van der Waals surface area contributed by atoms with E-state index in [1.807, 2.05) is 0 Å². The van der Waals surface area contributed by atoms with Gasteiger partial charge in [0.2, 0.25) is 0 Å². The molecule has 0 aliphatic rings. The summed E-state index contributed by atoms with van der Waals surface area (Å²) in [6, 6.07) is 2.96. The molecule has 0 aliphatic heterocycles. The number of carbonyl (C=O) groups is 1. The van der Waals surface area contributed by atoms with Gasteiger partial charge in [0, 0.05) is 6.08 Å². The number of aliphatic carboxylic acids is 1. The average Bonchev–Trinajstić information content (AvgIpc) is 2.12. The molecule has 0 bridgehead atoms. The molecule has 0 heterocycles. The van der Waals surface area contributed by atoms with Gasteiger partial charge in [-0.15, -0.1) is 0 Å². The second-order valence-electron chi connectivity index (χ2n) is 3.11. The fraction of sp³-hybridized carbons (Fsp3) is 0.100. The van der Waals surface area contributed by atoms with Crippen LogP contribution in [-0.2, 0) is 4.79 Å². The largest absolute Gasteiger partial charge is 0.478 e. The highest BCUT2D eigenvalue weighted by Gasteiger charge is 2.17. The second kappa shape index (κ2) is 4.76. The smallest absolute Gasteiger partial charge is 0.328 e. The van der Waals surface area contributed by atoms with Crippen molar-refractivity contribution in [1.29, 1.82) is 0 Å². The number of nitro groups is 1. The monoisotopic (exact) mass is 241 g/mol. The lowest BCUT2D eigenvalue weighted by molar-refractivity contribution is -0.384. The van der Waals surface area contributed by atoms with Gasteiger partial charge in [-0.3, -0.25) is 10.1 Å². The van der Waals surface area contributed by atoms with Crippen LogP contribution in [0.1, 0.15) is 11.1 Å². The highest BCUT2D eigenvalue weighted by Crippen LogP contribution is 2.30. The third kappa shape index (κ3) is 2.80. The van der Waals surface area contributed by atoms with Crippen molar-refractivity contribution in [3.8, 4) is 0 Å². The van der Waals surface area contributed by atoms with Crippen LogP contribution in [0.3, 0.4) is 0 Å². The van der Waals surface area contributed by atoms with Gasteiger partial charge in [0.15, 0.2) is 0 Å². The third-order valence-electron chi connectivity index (χ3n) is 1.83. The molecule has 0 radical (unpaired) electrons. The fourth-order valence-corrected chi connectivity index (χ4v) is 1.59. The quantitative estimate of drug-likeness (QED) is 0.501. The van der Waals surface area contributed by atoms with E-state index in [0.29, 0.717) is 0 Å². The van der Waals surface area contributed by atoms with E-state index >= 15 is 0 Å². The maximum atomic E-state index is 10.7. The summed E-state index contributed by atoms with van der Waals surface area (Å²) >= 11 is 5.72. The lowest BCUT2D eigenvalue weighted by Gasteiger charge is -2.01. The molecule has 1 aromatic carbocycles. The van der Waals surface area contributed by atoms with Gasteiger partial charge < -0.3 is 5.11 Å². The lowest BCUT2D eigenvalue weighted by Crippen LogP contribution is -1.94. The van der Waals surface area contributed by atoms with Crippen LogP contribution >= 0.6 is 11.6 Å². The van der Waals surface area contributed by atoms with Crippen molar-refractivity contribution in [3.63, 3.8) is 0 Å². The van der Waals surface area contributed by atoms with Crippen LogP contribution in [0.25, 0.3) is 6.08 Å². The minimum absolute atomic E-state index is 0.00459. The number of hydrogen-bond donors (Lipinski definition) is 1. The van der Waals surface area contributed by atoms with Gasteiger partial charge in [-0.25, -0.2) is 4.79 Å². The number of carboxylic acids is 1. The summed E-state index contributed by atoms with van der Waals surface area (Å²) < 4.78 is 0. The van der Waals surface area contributed by atoms with E-state index < -0.39 is 10.9 Å². The molecule has 0 spiro atoms. The molecule has 1 N–H and O–H groups in total. The Morgan fingerprint density at radius 1 is 1.56 bits per heavy atom. The van der Waals surface area contributed by atoms with E-state index in [-0.39, 0.29) is 16.3 Å². The zero-order valence-electron chi connectivity index (χ0n) is 8.31. The van der Waals surface area contributed by atoms with Gasteiger partial charge in [-0.1, -0.05) is 11.6 Å². The molecule has 0 amide bonds. The van der Waals surface area contributed by atoms with Crippen molar-refractivity contribution in [3.05, 3.63) is 44.5 Å². The topological polar surface area (TPSA) is 80.4 Å². The Morgan fingerprint density at radius 3 is 2.69 bits per heavy atom. The minimum Gasteiger partial charge on any atom is -0.478 e. The highest BCUT2D eigenvalue weighted by atomic mass is 35.5. The van der Waals surface area contributed by atoms with Gasteiger partial charge in [-0.05, 0) is 30.7 Å². The number of rotatable bonds is 3. The van der Waals surface area contributed by atoms with Gasteiger partial charge in [0.25, 0.3) is 5.69 Å². The Morgan fingerprint density at radius 2 is 2.19 bits per heavy atom. The average molecular weight is 242 g/mol. The molecule has 1 rings (SSSR count). The molecule has 84 valence electrons. The zero-order chi connectivity index (χ0) is 12.3. The van der Waals surface area contributed by atoms with Crippen LogP contribution in [0.2, 0.25) is 5.02 Å². The van der Waals surface area contributed by atoms with E-state index in [4.69, 9.17) is 16.7 Å². The van der Waals surface area contributed by atoms with E-state index in [9.17, 15) is 14.9 Å². The standard InChI is InChI=1S/C10H8ClNO4/c1-6-4-7(2-3-9(13)14)10(12(15)16)8(11)5-6/h2-5H,1H3,(H,13,14)/b3-2+. The van der Waals surface area contributed by atoms with Crippen LogP contribution in [0.15, 0.2) is 18.2 Å². The summed E-state index contributed by atoms with van der Waals surface area (Å²) in [5.74, 6) is -1.17. The number of nitrogens with zero attached hydrogens (tertiary/aromatic N) is 1. The first kappa shape index (κ1) is 12.2. The van der Waals surface area contributed by atoms with Crippen LogP contribution < -0.4 is 0 Å². The Labute approximate surface area is 96.1 Å². The molecular formula is C10H8ClNO4. The first-order chi connectivity index (χ1) is 7.41. The van der Waals surface area contributed by atoms with Crippen molar-refractivity contribution in [2.24, 2.45) is 0 Å². The molecule has 0 aromatic heterocycles. The number of hydrogen-bond acceptors (Lipinski definition) is 3. The summed E-state index contributed by atoms with van der Waals surface area (Å²) in [5, 5.41) is 19.2. The summed E-state index contributed by atoms with van der Waals surface area (Å²) in [4.78, 5) is 20.4. The van der Waals surface area contributed by atoms with E-state index in [0.717, 1.165) is 17.7 Å². The van der Waals surface area contributed by atoms with Gasteiger partial charge >= 0.3 is 5.97 Å². The Bertz CT molecular complexity index is 482. The second-order valence-corrected chi connectivity index (χ2v) is 3.52. The number of nitro benzene ring substituents is 1. The van der Waals surface area contributed by atoms with Gasteiger partial charge in [-0.2, -0.15) is 0 Å². The SMILES string of the molecule is Cc1cc(Cl)c([N+](=O)[O-])c(/C=C/C(=O)O)c1. The molecule has 0 fully saturated rings. The number of halogens is 1. The Kier molecular flexibility index (Phi) is 3.63. The molecule has 16 heavy (non-hydrogen) atoms. The van der Waals surface area contributed by atoms with Crippen LogP contribution in [0, 0.1) is 17.0 Å². The normalized spacial score (nSPS) is 10.6. The van der Waals surface area contributed by atoms with Crippen molar-refractivity contribution in [1.82, 2.24) is 0 Å². The summed E-state index contributed by atoms with van der Waals surface area (Å²) in [7, 11) is 0. The van der Waals surface area contributed by atoms with Crippen molar-refractivity contribution < 1.29 is 14.8 Å².